The second-order valence-electron chi connectivity index (χ2n) is 4.43. The van der Waals surface area contributed by atoms with Gasteiger partial charge in [-0.15, -0.1) is 0 Å². The standard InChI is InChI=1S/C12H11ClF3NO/c13-9-3-1-8(2-4-9)11(5-6-11)17-10(18)7-12(14,15)16/h1-4H,5-7H2,(H,17,18). The Bertz CT molecular complexity index is 451. The summed E-state index contributed by atoms with van der Waals surface area (Å²) in [6.45, 7) is 0. The summed E-state index contributed by atoms with van der Waals surface area (Å²) in [5, 5.41) is 3.01. The van der Waals surface area contributed by atoms with Gasteiger partial charge in [0.25, 0.3) is 0 Å². The van der Waals surface area contributed by atoms with Crippen LogP contribution < -0.4 is 5.32 Å². The topological polar surface area (TPSA) is 29.1 Å². The summed E-state index contributed by atoms with van der Waals surface area (Å²) >= 11 is 5.74. The first kappa shape index (κ1) is 13.2. The van der Waals surface area contributed by atoms with Crippen molar-refractivity contribution in [2.24, 2.45) is 0 Å². The van der Waals surface area contributed by atoms with Crippen molar-refractivity contribution in [3.63, 3.8) is 0 Å². The van der Waals surface area contributed by atoms with Crippen molar-refractivity contribution >= 4 is 17.5 Å². The molecule has 0 aliphatic heterocycles. The first-order valence-electron chi connectivity index (χ1n) is 5.45. The molecule has 2 rings (SSSR count). The number of carbonyl (C=O) groups excluding carboxylic acids is 1. The Morgan fingerprint density at radius 2 is 1.83 bits per heavy atom. The van der Waals surface area contributed by atoms with Crippen molar-refractivity contribution in [1.29, 1.82) is 0 Å². The predicted octanol–water partition coefficient (Wildman–Crippen LogP) is 3.40. The normalized spacial score (nSPS) is 17.3. The van der Waals surface area contributed by atoms with E-state index in [4.69, 9.17) is 11.6 Å². The van der Waals surface area contributed by atoms with Gasteiger partial charge in [0.05, 0.1) is 5.54 Å². The van der Waals surface area contributed by atoms with Gasteiger partial charge >= 0.3 is 6.18 Å². The van der Waals surface area contributed by atoms with Crippen molar-refractivity contribution in [2.45, 2.75) is 31.0 Å². The molecule has 0 atom stereocenters. The van der Waals surface area contributed by atoms with Crippen LogP contribution in [0.5, 0.6) is 0 Å². The largest absolute Gasteiger partial charge is 0.397 e. The molecule has 0 saturated heterocycles. The molecule has 1 saturated carbocycles. The highest BCUT2D eigenvalue weighted by molar-refractivity contribution is 6.30. The number of carbonyl (C=O) groups is 1. The molecule has 98 valence electrons. The molecule has 1 aromatic rings. The highest BCUT2D eigenvalue weighted by Crippen LogP contribution is 2.45. The van der Waals surface area contributed by atoms with Crippen LogP contribution in [0.4, 0.5) is 13.2 Å². The Hall–Kier alpha value is -1.23. The van der Waals surface area contributed by atoms with E-state index in [2.05, 4.69) is 5.32 Å². The van der Waals surface area contributed by atoms with Crippen LogP contribution in [0.2, 0.25) is 5.02 Å². The van der Waals surface area contributed by atoms with Crippen LogP contribution in [0.15, 0.2) is 24.3 Å². The van der Waals surface area contributed by atoms with Crippen LogP contribution in [-0.2, 0) is 10.3 Å². The van der Waals surface area contributed by atoms with Crippen LogP contribution in [0.25, 0.3) is 0 Å². The highest BCUT2D eigenvalue weighted by Gasteiger charge is 2.46. The number of hydrogen-bond acceptors (Lipinski definition) is 1. The predicted molar refractivity (Wildman–Crippen MR) is 61.2 cm³/mol. The van der Waals surface area contributed by atoms with E-state index in [9.17, 15) is 18.0 Å². The lowest BCUT2D eigenvalue weighted by molar-refractivity contribution is -0.154. The minimum Gasteiger partial charge on any atom is -0.346 e. The molecule has 18 heavy (non-hydrogen) atoms. The van der Waals surface area contributed by atoms with Gasteiger partial charge in [-0.05, 0) is 30.5 Å². The number of halogens is 4. The van der Waals surface area contributed by atoms with E-state index in [0.717, 1.165) is 5.56 Å². The van der Waals surface area contributed by atoms with Gasteiger partial charge in [0.1, 0.15) is 6.42 Å². The molecule has 1 aromatic carbocycles. The minimum absolute atomic E-state index is 0.552. The summed E-state index contributed by atoms with van der Waals surface area (Å²) in [6, 6.07) is 6.77. The molecular weight excluding hydrogens is 267 g/mol. The third kappa shape index (κ3) is 3.16. The van der Waals surface area contributed by atoms with E-state index in [-0.39, 0.29) is 0 Å². The maximum absolute atomic E-state index is 12.1. The number of nitrogens with one attached hydrogen (secondary N) is 1. The van der Waals surface area contributed by atoms with Gasteiger partial charge in [-0.1, -0.05) is 23.7 Å². The van der Waals surface area contributed by atoms with Crippen LogP contribution >= 0.6 is 11.6 Å². The van der Waals surface area contributed by atoms with Crippen molar-refractivity contribution in [3.05, 3.63) is 34.9 Å². The molecule has 0 bridgehead atoms. The summed E-state index contributed by atoms with van der Waals surface area (Å²) in [6.07, 6.45) is -4.61. The molecule has 1 amide bonds. The molecule has 2 nitrogen and oxygen atoms in total. The molecule has 1 aliphatic carbocycles. The fourth-order valence-corrected chi connectivity index (χ4v) is 2.00. The van der Waals surface area contributed by atoms with E-state index < -0.39 is 24.0 Å². The molecular formula is C12H11ClF3NO. The maximum Gasteiger partial charge on any atom is 0.397 e. The van der Waals surface area contributed by atoms with Gasteiger partial charge in [-0.3, -0.25) is 4.79 Å². The Labute approximate surface area is 107 Å². The minimum atomic E-state index is -4.47. The van der Waals surface area contributed by atoms with Gasteiger partial charge in [-0.2, -0.15) is 13.2 Å². The van der Waals surface area contributed by atoms with Crippen LogP contribution in [0, 0.1) is 0 Å². The molecule has 0 aromatic heterocycles. The third-order valence-corrected chi connectivity index (χ3v) is 3.14. The lowest BCUT2D eigenvalue weighted by Gasteiger charge is -2.18. The van der Waals surface area contributed by atoms with E-state index in [0.29, 0.717) is 17.9 Å². The number of hydrogen-bond donors (Lipinski definition) is 1. The van der Waals surface area contributed by atoms with Gasteiger partial charge in [0.2, 0.25) is 5.91 Å². The number of alkyl halides is 3. The molecule has 0 unspecified atom stereocenters. The fraction of sp³-hybridized carbons (Fsp3) is 0.417. The lowest BCUT2D eigenvalue weighted by atomic mass is 10.0. The molecule has 1 N–H and O–H groups in total. The zero-order valence-electron chi connectivity index (χ0n) is 9.35. The Balaban J connectivity index is 2.04. The van der Waals surface area contributed by atoms with Gasteiger partial charge in [0.15, 0.2) is 0 Å². The second kappa shape index (κ2) is 4.46. The Morgan fingerprint density at radius 1 is 1.28 bits per heavy atom. The fourth-order valence-electron chi connectivity index (χ4n) is 1.87. The summed E-state index contributed by atoms with van der Waals surface area (Å²) < 4.78 is 36.2. The summed E-state index contributed by atoms with van der Waals surface area (Å²) in [4.78, 5) is 11.3. The number of benzene rings is 1. The van der Waals surface area contributed by atoms with Crippen molar-refractivity contribution in [1.82, 2.24) is 5.32 Å². The molecule has 0 radical (unpaired) electrons. The number of rotatable bonds is 3. The monoisotopic (exact) mass is 277 g/mol. The Morgan fingerprint density at radius 3 is 2.28 bits per heavy atom. The molecule has 0 spiro atoms. The summed E-state index contributed by atoms with van der Waals surface area (Å²) in [5.41, 5.74) is 0.162. The third-order valence-electron chi connectivity index (χ3n) is 2.89. The Kier molecular flexibility index (Phi) is 3.27. The average Bonchev–Trinajstić information content (AvgIpc) is 2.96. The molecule has 6 heteroatoms. The van der Waals surface area contributed by atoms with E-state index in [1.807, 2.05) is 0 Å². The van der Waals surface area contributed by atoms with Gasteiger partial charge in [-0.25, -0.2) is 0 Å². The highest BCUT2D eigenvalue weighted by atomic mass is 35.5. The summed E-state index contributed by atoms with van der Waals surface area (Å²) in [5.74, 6) is -0.991. The SMILES string of the molecule is O=C(CC(F)(F)F)NC1(c2ccc(Cl)cc2)CC1. The van der Waals surface area contributed by atoms with Crippen LogP contribution in [0.1, 0.15) is 24.8 Å². The first-order valence-corrected chi connectivity index (χ1v) is 5.82. The zero-order chi connectivity index (χ0) is 13.4. The number of amides is 1. The van der Waals surface area contributed by atoms with Crippen LogP contribution in [-0.4, -0.2) is 12.1 Å². The van der Waals surface area contributed by atoms with Crippen molar-refractivity contribution in [3.8, 4) is 0 Å². The second-order valence-corrected chi connectivity index (χ2v) is 4.87. The smallest absolute Gasteiger partial charge is 0.346 e. The summed E-state index contributed by atoms with van der Waals surface area (Å²) in [7, 11) is 0. The van der Waals surface area contributed by atoms with E-state index in [1.54, 1.807) is 24.3 Å². The average molecular weight is 278 g/mol. The van der Waals surface area contributed by atoms with E-state index >= 15 is 0 Å². The molecule has 0 heterocycles. The first-order chi connectivity index (χ1) is 8.31. The zero-order valence-corrected chi connectivity index (χ0v) is 10.1. The van der Waals surface area contributed by atoms with Crippen molar-refractivity contribution < 1.29 is 18.0 Å². The van der Waals surface area contributed by atoms with Gasteiger partial charge in [0, 0.05) is 5.02 Å². The molecule has 1 fully saturated rings. The quantitative estimate of drug-likeness (QED) is 0.901. The van der Waals surface area contributed by atoms with E-state index in [1.165, 1.54) is 0 Å². The van der Waals surface area contributed by atoms with Gasteiger partial charge < -0.3 is 5.32 Å². The molecule has 1 aliphatic rings. The maximum atomic E-state index is 12.1. The lowest BCUT2D eigenvalue weighted by Crippen LogP contribution is -2.37. The van der Waals surface area contributed by atoms with Crippen molar-refractivity contribution in [2.75, 3.05) is 0 Å². The van der Waals surface area contributed by atoms with Crippen LogP contribution in [0.3, 0.4) is 0 Å².